The van der Waals surface area contributed by atoms with E-state index in [1.807, 2.05) is 0 Å². The number of hydrogen-bond donors (Lipinski definition) is 0. The standard InChI is InChI=1S/C12H28P2.C7H8.BF4.Rh/c1-11(2,3)13(7)9-10-14(8)12(4,5)6;1-2-7-4-3-6(1)5-7;2-1(3,4)5;/h9-10H2,1-8H3;1-4,6-7H,5H2;;/q;;-1;/p+2. The summed E-state index contributed by atoms with van der Waals surface area (Å²) in [6, 6.07) is 0. The van der Waals surface area contributed by atoms with Crippen LogP contribution in [0.1, 0.15) is 48.0 Å². The summed E-state index contributed by atoms with van der Waals surface area (Å²) in [5, 5.41) is 1.18. The molecule has 8 heteroatoms. The zero-order valence-corrected chi connectivity index (χ0v) is 21.6. The Bertz CT molecular complexity index is 414. The van der Waals surface area contributed by atoms with Gasteiger partial charge in [0.25, 0.3) is 0 Å². The Balaban J connectivity index is 0. The molecule has 2 aliphatic carbocycles. The molecule has 0 saturated carbocycles. The smallest absolute Gasteiger partial charge is 0.418 e. The second-order valence-electron chi connectivity index (χ2n) is 9.39. The van der Waals surface area contributed by atoms with Crippen LogP contribution in [0.4, 0.5) is 17.3 Å². The van der Waals surface area contributed by atoms with Gasteiger partial charge in [-0.05, 0) is 59.8 Å². The van der Waals surface area contributed by atoms with Crippen LogP contribution in [-0.4, -0.2) is 43.2 Å². The van der Waals surface area contributed by atoms with Crippen LogP contribution in [0.25, 0.3) is 0 Å². The van der Waals surface area contributed by atoms with Gasteiger partial charge < -0.3 is 17.3 Å². The number of fused-ring (bicyclic) bond motifs is 2. The molecule has 0 N–H and O–H groups in total. The zero-order chi connectivity index (χ0) is 20.8. The third-order valence-corrected chi connectivity index (χ3v) is 12.8. The van der Waals surface area contributed by atoms with Crippen molar-refractivity contribution in [2.75, 3.05) is 25.7 Å². The monoisotopic (exact) mass is 518 g/mol. The van der Waals surface area contributed by atoms with E-state index in [0.717, 1.165) is 11.8 Å². The Labute approximate surface area is 179 Å². The second-order valence-corrected chi connectivity index (χ2v) is 16.5. The molecule has 0 aliphatic heterocycles. The molecule has 0 aromatic carbocycles. The van der Waals surface area contributed by atoms with E-state index < -0.39 is 7.25 Å². The van der Waals surface area contributed by atoms with E-state index >= 15 is 0 Å². The number of hydrogen-bond acceptors (Lipinski definition) is 0. The molecule has 0 spiro atoms. The van der Waals surface area contributed by atoms with Gasteiger partial charge in [0.2, 0.25) is 0 Å². The summed E-state index contributed by atoms with van der Waals surface area (Å²) < 4.78 is 39.0. The van der Waals surface area contributed by atoms with Crippen molar-refractivity contribution in [3.63, 3.8) is 0 Å². The van der Waals surface area contributed by atoms with Gasteiger partial charge in [0.1, 0.15) is 0 Å². The van der Waals surface area contributed by atoms with Gasteiger partial charge in [0.15, 0.2) is 0 Å². The van der Waals surface area contributed by atoms with Crippen LogP contribution in [0.3, 0.4) is 0 Å². The second kappa shape index (κ2) is 12.4. The van der Waals surface area contributed by atoms with E-state index in [9.17, 15) is 17.3 Å². The van der Waals surface area contributed by atoms with Crippen molar-refractivity contribution in [2.45, 2.75) is 58.3 Å². The quantitative estimate of drug-likeness (QED) is 0.159. The summed E-state index contributed by atoms with van der Waals surface area (Å²) in [6.07, 6.45) is 13.6. The fourth-order valence-corrected chi connectivity index (χ4v) is 6.95. The Morgan fingerprint density at radius 2 is 0.963 bits per heavy atom. The maximum absolute atomic E-state index is 9.75. The molecule has 2 bridgehead atoms. The van der Waals surface area contributed by atoms with E-state index in [1.54, 1.807) is 0 Å². The van der Waals surface area contributed by atoms with E-state index in [4.69, 9.17) is 0 Å². The van der Waals surface area contributed by atoms with Crippen molar-refractivity contribution in [1.82, 2.24) is 0 Å². The number of halogens is 4. The van der Waals surface area contributed by atoms with Gasteiger partial charge in [-0.2, -0.15) is 0 Å². The van der Waals surface area contributed by atoms with Crippen LogP contribution in [0, 0.1) is 11.8 Å². The molecule has 1 radical (unpaired) electrons. The minimum absolute atomic E-state index is 0. The third kappa shape index (κ3) is 16.3. The molecular weight excluding hydrogens is 480 g/mol. The topological polar surface area (TPSA) is 0 Å². The van der Waals surface area contributed by atoms with Crippen LogP contribution in [0.15, 0.2) is 24.3 Å². The van der Waals surface area contributed by atoms with Crippen LogP contribution >= 0.6 is 15.8 Å². The first-order valence-electron chi connectivity index (χ1n) is 9.40. The molecule has 0 nitrogen and oxygen atoms in total. The molecule has 0 amide bonds. The predicted molar refractivity (Wildman–Crippen MR) is 118 cm³/mol. The van der Waals surface area contributed by atoms with Gasteiger partial charge in [-0.15, -0.1) is 0 Å². The van der Waals surface area contributed by atoms with Crippen molar-refractivity contribution in [3.05, 3.63) is 24.3 Å². The van der Waals surface area contributed by atoms with E-state index in [1.165, 1.54) is 18.7 Å². The molecule has 0 aromatic heterocycles. The normalized spacial score (nSPS) is 22.8. The third-order valence-electron chi connectivity index (χ3n) is 5.19. The van der Waals surface area contributed by atoms with Crippen LogP contribution in [0.2, 0.25) is 0 Å². The molecular formula is C19H38BF4P2Rh+. The number of allylic oxidation sites excluding steroid dienone is 4. The molecule has 163 valence electrons. The number of rotatable bonds is 3. The molecule has 27 heavy (non-hydrogen) atoms. The van der Waals surface area contributed by atoms with Gasteiger partial charge in [-0.25, -0.2) is 0 Å². The van der Waals surface area contributed by atoms with Gasteiger partial charge in [0, 0.05) is 48.7 Å². The Kier molecular flexibility index (Phi) is 13.8. The molecule has 0 aromatic rings. The molecule has 2 aliphatic rings. The first kappa shape index (κ1) is 29.9. The molecule has 0 saturated heterocycles. The summed E-state index contributed by atoms with van der Waals surface area (Å²) in [4.78, 5) is 0. The van der Waals surface area contributed by atoms with Gasteiger partial charge >= 0.3 is 7.25 Å². The van der Waals surface area contributed by atoms with Crippen LogP contribution in [0.5, 0.6) is 0 Å². The fourth-order valence-electron chi connectivity index (χ4n) is 2.45. The minimum Gasteiger partial charge on any atom is -0.418 e. The molecule has 2 rings (SSSR count). The zero-order valence-electron chi connectivity index (χ0n) is 18.0. The summed E-state index contributed by atoms with van der Waals surface area (Å²) in [7, 11) is -6.27. The minimum atomic E-state index is -6.00. The van der Waals surface area contributed by atoms with Gasteiger partial charge in [-0.3, -0.25) is 0 Å². The average Bonchev–Trinajstić information content (AvgIpc) is 3.06. The van der Waals surface area contributed by atoms with Crippen molar-refractivity contribution in [2.24, 2.45) is 11.8 Å². The summed E-state index contributed by atoms with van der Waals surface area (Å²) in [6.45, 7) is 19.4. The van der Waals surface area contributed by atoms with Crippen molar-refractivity contribution >= 4 is 23.1 Å². The SMILES string of the molecule is C1=CC2C=CC1C2.C[PH+](CC[PH+](C)C(C)(C)C)C(C)(C)C.F[B-](F)(F)F.[Rh]. The summed E-state index contributed by atoms with van der Waals surface area (Å²) in [5.41, 5.74) is 0. The van der Waals surface area contributed by atoms with Gasteiger partial charge in [-0.1, -0.05) is 24.3 Å². The summed E-state index contributed by atoms with van der Waals surface area (Å²) >= 11 is 0. The Morgan fingerprint density at radius 3 is 1.07 bits per heavy atom. The summed E-state index contributed by atoms with van der Waals surface area (Å²) in [5.74, 6) is 1.62. The first-order valence-corrected chi connectivity index (χ1v) is 13.8. The Morgan fingerprint density at radius 1 is 0.741 bits per heavy atom. The van der Waals surface area contributed by atoms with E-state index in [2.05, 4.69) is 79.2 Å². The largest absolute Gasteiger partial charge is 0.673 e. The van der Waals surface area contributed by atoms with Crippen LogP contribution in [-0.2, 0) is 19.5 Å². The van der Waals surface area contributed by atoms with Crippen molar-refractivity contribution < 1.29 is 36.7 Å². The molecule has 0 fully saturated rings. The van der Waals surface area contributed by atoms with Crippen LogP contribution < -0.4 is 0 Å². The molecule has 0 heterocycles. The fraction of sp³-hybridized carbons (Fsp3) is 0.789. The first-order chi connectivity index (χ1) is 11.5. The average molecular weight is 518 g/mol. The predicted octanol–water partition coefficient (Wildman–Crippen LogP) is 7.32. The maximum atomic E-state index is 9.75. The Hall–Kier alpha value is 0.748. The van der Waals surface area contributed by atoms with E-state index in [-0.39, 0.29) is 35.3 Å². The van der Waals surface area contributed by atoms with Crippen molar-refractivity contribution in [3.8, 4) is 0 Å². The van der Waals surface area contributed by atoms with E-state index in [0.29, 0.717) is 10.3 Å². The molecule has 2 unspecified atom stereocenters. The van der Waals surface area contributed by atoms with Gasteiger partial charge in [0.05, 0.1) is 22.6 Å². The maximum Gasteiger partial charge on any atom is 0.673 e. The molecule has 2 atom stereocenters. The van der Waals surface area contributed by atoms with Crippen molar-refractivity contribution in [1.29, 1.82) is 0 Å².